The van der Waals surface area contributed by atoms with Crippen molar-refractivity contribution in [2.75, 3.05) is 13.2 Å². The van der Waals surface area contributed by atoms with E-state index in [1.165, 1.54) is 36.7 Å². The van der Waals surface area contributed by atoms with Crippen molar-refractivity contribution in [3.05, 3.63) is 60.9 Å². The Balaban J connectivity index is 0.000000566. The van der Waals surface area contributed by atoms with Crippen molar-refractivity contribution in [3.63, 3.8) is 0 Å². The predicted octanol–water partition coefficient (Wildman–Crippen LogP) is -0.844. The predicted molar refractivity (Wildman–Crippen MR) is 119 cm³/mol. The number of hydrogen-bond acceptors (Lipinski definition) is 12. The number of benzene rings is 2. The van der Waals surface area contributed by atoms with Crippen molar-refractivity contribution >= 4 is 42.0 Å². The van der Waals surface area contributed by atoms with Gasteiger partial charge in [0.2, 0.25) is 0 Å². The standard InChI is InChI=1S/2C9H7NO4S.2C2H5O.Ti/c2*11-7-3-4-8(15(12,13)14)6-2-1-5-10-9(6)7;2*1-2-3;/h2*1-5,11H,(H,12,13,14);2*2H2,1H3;/q;;2*-1;+4/p-4. The zero-order valence-corrected chi connectivity index (χ0v) is 22.7. The number of pyridine rings is 2. The number of fused-ring (bicyclic) bond motifs is 2. The zero-order valence-electron chi connectivity index (χ0n) is 19.5. The van der Waals surface area contributed by atoms with E-state index in [1.807, 2.05) is 0 Å². The van der Waals surface area contributed by atoms with E-state index in [9.17, 15) is 36.2 Å². The molecule has 4 rings (SSSR count). The third-order valence-corrected chi connectivity index (χ3v) is 5.71. The first-order valence-corrected chi connectivity index (χ1v) is 12.8. The van der Waals surface area contributed by atoms with E-state index >= 15 is 0 Å². The fraction of sp³-hybridized carbons (Fsp3) is 0.182. The van der Waals surface area contributed by atoms with Crippen LogP contribution in [0.1, 0.15) is 13.8 Å². The van der Waals surface area contributed by atoms with Crippen LogP contribution in [0.4, 0.5) is 0 Å². The van der Waals surface area contributed by atoms with Gasteiger partial charge in [0.15, 0.2) is 0 Å². The van der Waals surface area contributed by atoms with Crippen LogP contribution in [0, 0.1) is 0 Å². The summed E-state index contributed by atoms with van der Waals surface area (Å²) < 4.78 is 65.2. The van der Waals surface area contributed by atoms with Crippen LogP contribution in [-0.4, -0.2) is 49.1 Å². The van der Waals surface area contributed by atoms with Crippen LogP contribution in [0.3, 0.4) is 0 Å². The van der Waals surface area contributed by atoms with Gasteiger partial charge in [0.25, 0.3) is 0 Å². The third-order valence-electron chi connectivity index (χ3n) is 3.92. The molecule has 0 amide bonds. The topological polar surface area (TPSA) is 232 Å². The fourth-order valence-electron chi connectivity index (χ4n) is 2.68. The third kappa shape index (κ3) is 9.94. The van der Waals surface area contributed by atoms with Gasteiger partial charge in [-0.25, -0.2) is 16.8 Å². The Hall–Kier alpha value is -2.69. The quantitative estimate of drug-likeness (QED) is 0.207. The number of rotatable bonds is 2. The summed E-state index contributed by atoms with van der Waals surface area (Å²) in [6.45, 7) is 3.14. The summed E-state index contributed by atoms with van der Waals surface area (Å²) in [7, 11) is -9.15. The molecule has 12 nitrogen and oxygen atoms in total. The first kappa shape index (κ1) is 34.3. The first-order valence-electron chi connectivity index (χ1n) is 10.0. The molecule has 0 fully saturated rings. The van der Waals surface area contributed by atoms with Crippen LogP contribution in [0.15, 0.2) is 70.7 Å². The summed E-state index contributed by atoms with van der Waals surface area (Å²) in [5, 5.41) is 40.6. The van der Waals surface area contributed by atoms with Gasteiger partial charge in [-0.3, -0.25) is 9.97 Å². The molecule has 15 heteroatoms. The summed E-state index contributed by atoms with van der Waals surface area (Å²) in [4.78, 5) is 6.65. The summed E-state index contributed by atoms with van der Waals surface area (Å²) in [5.41, 5.74) is -0.0103. The van der Waals surface area contributed by atoms with Gasteiger partial charge in [-0.05, 0) is 24.3 Å². The van der Waals surface area contributed by atoms with Crippen molar-refractivity contribution in [2.45, 2.75) is 23.6 Å². The summed E-state index contributed by atoms with van der Waals surface area (Å²) >= 11 is 0. The second-order valence-corrected chi connectivity index (χ2v) is 9.10. The van der Waals surface area contributed by atoms with E-state index in [2.05, 4.69) is 9.97 Å². The van der Waals surface area contributed by atoms with Gasteiger partial charge in [-0.1, -0.05) is 49.6 Å². The number of hydrogen-bond donors (Lipinski definition) is 0. The minimum atomic E-state index is -4.58. The monoisotopic (exact) mass is 584 g/mol. The van der Waals surface area contributed by atoms with Crippen molar-refractivity contribution in [3.8, 4) is 11.5 Å². The number of aromatic nitrogens is 2. The van der Waals surface area contributed by atoms with Crippen LogP contribution >= 0.6 is 0 Å². The largest absolute Gasteiger partial charge is 4.00 e. The Morgan fingerprint density at radius 2 is 0.946 bits per heavy atom. The Labute approximate surface area is 228 Å². The molecule has 0 aliphatic heterocycles. The van der Waals surface area contributed by atoms with E-state index < -0.39 is 41.5 Å². The fourth-order valence-corrected chi connectivity index (χ4v) is 4.01. The maximum Gasteiger partial charge on any atom is 4.00 e. The molecule has 0 saturated carbocycles. The van der Waals surface area contributed by atoms with Gasteiger partial charge >= 0.3 is 21.7 Å². The molecule has 0 N–H and O–H groups in total. The van der Waals surface area contributed by atoms with E-state index in [0.717, 1.165) is 24.3 Å². The Kier molecular flexibility index (Phi) is 14.4. The minimum Gasteiger partial charge on any atom is -0.871 e. The van der Waals surface area contributed by atoms with Crippen LogP contribution in [0.5, 0.6) is 11.5 Å². The van der Waals surface area contributed by atoms with Gasteiger partial charge in [-0.15, -0.1) is 13.2 Å². The molecule has 0 atom stereocenters. The number of nitrogens with zero attached hydrogens (tertiary/aromatic N) is 2. The van der Waals surface area contributed by atoms with E-state index in [-0.39, 0.29) is 56.7 Å². The van der Waals surface area contributed by atoms with Crippen molar-refractivity contribution in [1.82, 2.24) is 9.97 Å². The molecule has 0 aliphatic rings. The minimum absolute atomic E-state index is 0. The van der Waals surface area contributed by atoms with E-state index in [4.69, 9.17) is 10.2 Å². The SMILES string of the molecule is CC[O-].CC[O-].O=S(=O)([O-])c1ccc([O-])c2ncccc12.O=S(=O)([O-])c1ccc([O-])c2ncccc12.[Ti+4]. The van der Waals surface area contributed by atoms with Crippen molar-refractivity contribution in [1.29, 1.82) is 0 Å². The Morgan fingerprint density at radius 3 is 1.22 bits per heavy atom. The molecular weight excluding hydrogens is 564 g/mol. The molecule has 0 spiro atoms. The maximum absolute atomic E-state index is 11.3. The van der Waals surface area contributed by atoms with Crippen molar-refractivity contribution in [2.24, 2.45) is 0 Å². The molecule has 37 heavy (non-hydrogen) atoms. The molecule has 2 heterocycles. The first-order chi connectivity index (χ1) is 16.8. The summed E-state index contributed by atoms with van der Waals surface area (Å²) in [5.74, 6) is -0.809. The Morgan fingerprint density at radius 1 is 0.649 bits per heavy atom. The maximum atomic E-state index is 11.3. The van der Waals surface area contributed by atoms with Gasteiger partial charge in [0.1, 0.15) is 20.2 Å². The molecule has 0 bridgehead atoms. The van der Waals surface area contributed by atoms with Crippen LogP contribution in [0.25, 0.3) is 21.8 Å². The van der Waals surface area contributed by atoms with Gasteiger partial charge in [-0.2, -0.15) is 0 Å². The summed E-state index contributed by atoms with van der Waals surface area (Å²) in [6.07, 6.45) is 2.73. The molecule has 0 radical (unpaired) electrons. The second kappa shape index (κ2) is 15.5. The molecule has 0 unspecified atom stereocenters. The molecule has 2 aromatic heterocycles. The van der Waals surface area contributed by atoms with Gasteiger partial charge in [0.05, 0.1) is 20.8 Å². The zero-order chi connectivity index (χ0) is 27.5. The average molecular weight is 584 g/mol. The van der Waals surface area contributed by atoms with Crippen LogP contribution in [0.2, 0.25) is 0 Å². The van der Waals surface area contributed by atoms with Crippen LogP contribution < -0.4 is 20.4 Å². The molecule has 0 saturated heterocycles. The molecule has 4 aromatic rings. The second-order valence-electron chi connectivity index (χ2n) is 6.41. The normalized spacial score (nSPS) is 10.5. The molecule has 0 aliphatic carbocycles. The van der Waals surface area contributed by atoms with Gasteiger partial charge < -0.3 is 29.5 Å². The van der Waals surface area contributed by atoms with Crippen LogP contribution in [-0.2, 0) is 42.0 Å². The van der Waals surface area contributed by atoms with E-state index in [0.29, 0.717) is 0 Å². The average Bonchev–Trinajstić information content (AvgIpc) is 2.80. The summed E-state index contributed by atoms with van der Waals surface area (Å²) in [6, 6.07) is 9.78. The van der Waals surface area contributed by atoms with E-state index in [1.54, 1.807) is 13.8 Å². The molecular formula is C22H20N2O10S2Ti-2. The smallest absolute Gasteiger partial charge is 0.871 e. The Bertz CT molecular complexity index is 1400. The molecule has 2 aromatic carbocycles. The van der Waals surface area contributed by atoms with Gasteiger partial charge in [0, 0.05) is 23.2 Å². The molecule has 196 valence electrons. The van der Waals surface area contributed by atoms with Crippen molar-refractivity contribution < 1.29 is 68.1 Å².